The number of anilines is 1. The molecule has 134 valence electrons. The summed E-state index contributed by atoms with van der Waals surface area (Å²) in [5, 5.41) is 4.24. The molecule has 0 unspecified atom stereocenters. The molecule has 0 amide bonds. The summed E-state index contributed by atoms with van der Waals surface area (Å²) in [7, 11) is 0. The number of hydrogen-bond acceptors (Lipinski definition) is 5. The molecule has 0 atom stereocenters. The number of nitrogen functional groups attached to an aromatic ring is 1. The summed E-state index contributed by atoms with van der Waals surface area (Å²) in [4.78, 5) is 16.4. The second-order valence-electron chi connectivity index (χ2n) is 6.10. The average molecular weight is 358 g/mol. The number of rotatable bonds is 4. The number of carbonyl (C=O) groups excluding carboxylic acids is 1. The van der Waals surface area contributed by atoms with Crippen molar-refractivity contribution in [1.29, 1.82) is 0 Å². The lowest BCUT2D eigenvalue weighted by Gasteiger charge is -2.07. The molecule has 0 spiro atoms. The van der Waals surface area contributed by atoms with Gasteiger partial charge in [-0.05, 0) is 41.8 Å². The topological polar surface area (TPSA) is 82.5 Å². The van der Waals surface area contributed by atoms with Crippen molar-refractivity contribution in [3.05, 3.63) is 78.2 Å². The molecule has 4 rings (SSSR count). The number of nitrogens with zero attached hydrogens (tertiary/aromatic N) is 3. The smallest absolute Gasteiger partial charge is 0.343 e. The molecule has 0 aliphatic carbocycles. The van der Waals surface area contributed by atoms with Crippen LogP contribution in [0.3, 0.4) is 0 Å². The Balaban J connectivity index is 1.69. The normalized spacial score (nSPS) is 10.9. The van der Waals surface area contributed by atoms with Crippen molar-refractivity contribution >= 4 is 17.3 Å². The van der Waals surface area contributed by atoms with E-state index in [9.17, 15) is 4.79 Å². The Kier molecular flexibility index (Phi) is 4.30. The Morgan fingerprint density at radius 3 is 2.56 bits per heavy atom. The maximum absolute atomic E-state index is 12.3. The second kappa shape index (κ2) is 6.92. The fourth-order valence-corrected chi connectivity index (χ4v) is 3.10. The van der Waals surface area contributed by atoms with Crippen molar-refractivity contribution < 1.29 is 9.53 Å². The van der Waals surface area contributed by atoms with Crippen LogP contribution < -0.4 is 10.5 Å². The molecule has 0 saturated carbocycles. The van der Waals surface area contributed by atoms with Crippen LogP contribution >= 0.6 is 0 Å². The third kappa shape index (κ3) is 3.13. The van der Waals surface area contributed by atoms with Crippen molar-refractivity contribution in [2.45, 2.75) is 13.3 Å². The highest BCUT2D eigenvalue weighted by atomic mass is 16.5. The molecule has 0 radical (unpaired) electrons. The Labute approximate surface area is 156 Å². The molecule has 0 saturated heterocycles. The molecular formula is C21H18N4O2. The summed E-state index contributed by atoms with van der Waals surface area (Å²) in [5.74, 6) is 0.545. The van der Waals surface area contributed by atoms with Gasteiger partial charge in [-0.25, -0.2) is 14.3 Å². The van der Waals surface area contributed by atoms with Crippen LogP contribution in [0.25, 0.3) is 16.6 Å². The zero-order valence-corrected chi connectivity index (χ0v) is 14.8. The van der Waals surface area contributed by atoms with Crippen molar-refractivity contribution in [2.75, 3.05) is 5.73 Å². The minimum absolute atomic E-state index is 0.395. The van der Waals surface area contributed by atoms with E-state index in [2.05, 4.69) is 17.0 Å². The first-order valence-electron chi connectivity index (χ1n) is 8.65. The van der Waals surface area contributed by atoms with Gasteiger partial charge in [-0.2, -0.15) is 5.10 Å². The van der Waals surface area contributed by atoms with Gasteiger partial charge in [0.2, 0.25) is 0 Å². The number of carbonyl (C=O) groups is 1. The minimum atomic E-state index is -0.395. The van der Waals surface area contributed by atoms with E-state index in [0.29, 0.717) is 17.1 Å². The van der Waals surface area contributed by atoms with Crippen LogP contribution in [0.2, 0.25) is 0 Å². The van der Waals surface area contributed by atoms with Gasteiger partial charge in [0.25, 0.3) is 0 Å². The lowest BCUT2D eigenvalue weighted by molar-refractivity contribution is 0.0735. The van der Waals surface area contributed by atoms with Gasteiger partial charge in [0.05, 0.1) is 5.56 Å². The molecule has 0 bridgehead atoms. The van der Waals surface area contributed by atoms with Gasteiger partial charge < -0.3 is 10.5 Å². The van der Waals surface area contributed by atoms with Gasteiger partial charge in [-0.3, -0.25) is 0 Å². The summed E-state index contributed by atoms with van der Waals surface area (Å²) in [6.45, 7) is 2.08. The van der Waals surface area contributed by atoms with Crippen molar-refractivity contribution in [1.82, 2.24) is 14.6 Å². The number of nitrogens with two attached hydrogens (primary N) is 1. The molecule has 2 aromatic carbocycles. The van der Waals surface area contributed by atoms with Crippen LogP contribution in [0.1, 0.15) is 22.8 Å². The summed E-state index contributed by atoms with van der Waals surface area (Å²) in [6.07, 6.45) is 4.23. The van der Waals surface area contributed by atoms with Crippen molar-refractivity contribution in [2.24, 2.45) is 0 Å². The summed E-state index contributed by atoms with van der Waals surface area (Å²) >= 11 is 0. The molecule has 0 fully saturated rings. The molecule has 0 aliphatic rings. The van der Waals surface area contributed by atoms with Crippen molar-refractivity contribution in [3.8, 4) is 16.9 Å². The highest BCUT2D eigenvalue weighted by molar-refractivity contribution is 5.94. The molecule has 2 N–H and O–H groups in total. The van der Waals surface area contributed by atoms with Crippen LogP contribution in [0, 0.1) is 0 Å². The monoisotopic (exact) mass is 358 g/mol. The Bertz CT molecular complexity index is 1100. The number of aromatic nitrogens is 3. The Hall–Kier alpha value is -3.67. The third-order valence-electron chi connectivity index (χ3n) is 4.42. The van der Waals surface area contributed by atoms with E-state index >= 15 is 0 Å². The highest BCUT2D eigenvalue weighted by Crippen LogP contribution is 2.32. The zero-order chi connectivity index (χ0) is 18.8. The Morgan fingerprint density at radius 1 is 1.11 bits per heavy atom. The average Bonchev–Trinajstić information content (AvgIpc) is 3.09. The third-order valence-corrected chi connectivity index (χ3v) is 4.42. The van der Waals surface area contributed by atoms with E-state index in [0.717, 1.165) is 28.6 Å². The predicted octanol–water partition coefficient (Wildman–Crippen LogP) is 3.76. The van der Waals surface area contributed by atoms with Gasteiger partial charge in [-0.15, -0.1) is 0 Å². The fourth-order valence-electron chi connectivity index (χ4n) is 3.10. The maximum Gasteiger partial charge on any atom is 0.343 e. The lowest BCUT2D eigenvalue weighted by Crippen LogP contribution is -2.08. The van der Waals surface area contributed by atoms with E-state index in [1.807, 2.05) is 36.5 Å². The number of hydrogen-bond donors (Lipinski definition) is 1. The SMILES string of the molecule is CCc1cn2ncnc(N)c2c1-c1ccc(C(=O)Oc2ccccc2)cc1. The minimum Gasteiger partial charge on any atom is -0.423 e. The largest absolute Gasteiger partial charge is 0.423 e. The van der Waals surface area contributed by atoms with E-state index in [1.54, 1.807) is 28.8 Å². The fraction of sp³-hybridized carbons (Fsp3) is 0.0952. The van der Waals surface area contributed by atoms with Crippen LogP contribution in [0.15, 0.2) is 67.1 Å². The number of ether oxygens (including phenoxy) is 1. The molecule has 2 heterocycles. The van der Waals surface area contributed by atoms with Crippen LogP contribution in [0.4, 0.5) is 5.82 Å². The number of fused-ring (bicyclic) bond motifs is 1. The number of para-hydroxylation sites is 1. The summed E-state index contributed by atoms with van der Waals surface area (Å²) in [5.41, 5.74) is 10.4. The van der Waals surface area contributed by atoms with Gasteiger partial charge in [-0.1, -0.05) is 37.3 Å². The molecule has 4 aromatic rings. The maximum atomic E-state index is 12.3. The summed E-state index contributed by atoms with van der Waals surface area (Å²) < 4.78 is 7.13. The quantitative estimate of drug-likeness (QED) is 0.444. The standard InChI is InChI=1S/C21H18N4O2/c1-2-14-12-25-19(20(22)23-13-24-25)18(14)15-8-10-16(11-9-15)21(26)27-17-6-4-3-5-7-17/h3-13H,2H2,1H3,(H2,22,23,24). The first-order chi connectivity index (χ1) is 13.2. The first-order valence-corrected chi connectivity index (χ1v) is 8.65. The highest BCUT2D eigenvalue weighted by Gasteiger charge is 2.16. The van der Waals surface area contributed by atoms with E-state index in [1.165, 1.54) is 6.33 Å². The van der Waals surface area contributed by atoms with Crippen LogP contribution in [-0.4, -0.2) is 20.6 Å². The van der Waals surface area contributed by atoms with Gasteiger partial charge >= 0.3 is 5.97 Å². The number of aryl methyl sites for hydroxylation is 1. The lowest BCUT2D eigenvalue weighted by atomic mass is 10.00. The number of benzene rings is 2. The van der Waals surface area contributed by atoms with Gasteiger partial charge in [0.15, 0.2) is 5.82 Å². The zero-order valence-electron chi connectivity index (χ0n) is 14.8. The molecule has 6 heteroatoms. The van der Waals surface area contributed by atoms with Gasteiger partial charge in [0, 0.05) is 11.8 Å². The van der Waals surface area contributed by atoms with E-state index in [4.69, 9.17) is 10.5 Å². The van der Waals surface area contributed by atoms with Gasteiger partial charge in [0.1, 0.15) is 17.6 Å². The summed E-state index contributed by atoms with van der Waals surface area (Å²) in [6, 6.07) is 16.3. The molecule has 2 aromatic heterocycles. The van der Waals surface area contributed by atoms with Crippen LogP contribution in [0.5, 0.6) is 5.75 Å². The van der Waals surface area contributed by atoms with Crippen LogP contribution in [-0.2, 0) is 6.42 Å². The van der Waals surface area contributed by atoms with E-state index < -0.39 is 5.97 Å². The predicted molar refractivity (Wildman–Crippen MR) is 104 cm³/mol. The number of esters is 1. The first kappa shape index (κ1) is 16.8. The Morgan fingerprint density at radius 2 is 1.85 bits per heavy atom. The van der Waals surface area contributed by atoms with Crippen molar-refractivity contribution in [3.63, 3.8) is 0 Å². The second-order valence-corrected chi connectivity index (χ2v) is 6.10. The molecule has 0 aliphatic heterocycles. The molecule has 6 nitrogen and oxygen atoms in total. The molecule has 27 heavy (non-hydrogen) atoms. The van der Waals surface area contributed by atoms with E-state index in [-0.39, 0.29) is 0 Å². The molecular weight excluding hydrogens is 340 g/mol.